The van der Waals surface area contributed by atoms with E-state index in [1.165, 1.54) is 6.21 Å². The summed E-state index contributed by atoms with van der Waals surface area (Å²) >= 11 is 0. The number of allylic oxidation sites excluding steroid dienone is 1. The molecule has 2 aliphatic heterocycles. The maximum absolute atomic E-state index is 11.0. The maximum atomic E-state index is 11.0. The molecule has 0 fully saturated rings. The van der Waals surface area contributed by atoms with Crippen LogP contribution < -0.4 is 0 Å². The lowest BCUT2D eigenvalue weighted by Gasteiger charge is -2.16. The summed E-state index contributed by atoms with van der Waals surface area (Å²) in [5, 5.41) is 0. The minimum atomic E-state index is -0.868. The fourth-order valence-electron chi connectivity index (χ4n) is 0.995. The Balaban J connectivity index is 2.43. The number of ether oxygens (including phenoxy) is 1. The van der Waals surface area contributed by atoms with Gasteiger partial charge < -0.3 is 4.74 Å². The Morgan fingerprint density at radius 3 is 3.08 bits per heavy atom. The second kappa shape index (κ2) is 2.37. The molecule has 1 atom stereocenters. The average molecular weight is 164 g/mol. The van der Waals surface area contributed by atoms with Gasteiger partial charge in [0.1, 0.15) is 0 Å². The van der Waals surface area contributed by atoms with Crippen molar-refractivity contribution >= 4 is 24.0 Å². The minimum absolute atomic E-state index is 0.346. The van der Waals surface area contributed by atoms with Crippen molar-refractivity contribution in [2.45, 2.75) is 6.04 Å². The summed E-state index contributed by atoms with van der Waals surface area (Å²) in [7, 11) is 0. The second-order valence-corrected chi connectivity index (χ2v) is 2.28. The number of hydrogen-bond donors (Lipinski definition) is 0. The first-order chi connectivity index (χ1) is 5.77. The lowest BCUT2D eigenvalue weighted by molar-refractivity contribution is -0.137. The summed E-state index contributed by atoms with van der Waals surface area (Å²) in [5.41, 5.74) is 0.346. The molecular weight excluding hydrogens is 160 g/mol. The number of hydrogen-bond acceptors (Lipinski definition) is 4. The van der Waals surface area contributed by atoms with E-state index in [1.54, 1.807) is 12.2 Å². The van der Waals surface area contributed by atoms with Gasteiger partial charge in [-0.1, -0.05) is 0 Å². The summed E-state index contributed by atoms with van der Waals surface area (Å²) < 4.78 is 4.24. The first-order valence-corrected chi connectivity index (χ1v) is 3.31. The van der Waals surface area contributed by atoms with Crippen LogP contribution in [0.1, 0.15) is 0 Å². The molecule has 0 N–H and O–H groups in total. The Bertz CT molecular complexity index is 341. The Morgan fingerprint density at radius 2 is 2.25 bits per heavy atom. The zero-order valence-electron chi connectivity index (χ0n) is 5.93. The number of dihydropyridines is 1. The Kier molecular flexibility index (Phi) is 1.36. The molecule has 0 bridgehead atoms. The molecule has 2 rings (SSSR count). The molecule has 1 amide bonds. The number of fused-ring (bicyclic) bond motifs is 1. The third-order valence-electron chi connectivity index (χ3n) is 1.50. The van der Waals surface area contributed by atoms with Crippen LogP contribution in [0, 0.1) is 0 Å². The highest BCUT2D eigenvalue weighted by Crippen LogP contribution is 2.10. The third-order valence-corrected chi connectivity index (χ3v) is 1.50. The quantitative estimate of drug-likeness (QED) is 0.377. The smallest absolute Gasteiger partial charge is 0.373 e. The van der Waals surface area contributed by atoms with Crippen LogP contribution in [0.4, 0.5) is 4.79 Å². The fraction of sp³-hybridized carbons (Fsp3) is 0.143. The number of aliphatic imine (C=N–C) groups is 2. The summed E-state index contributed by atoms with van der Waals surface area (Å²) in [4.78, 5) is 28.9. The van der Waals surface area contributed by atoms with Crippen LogP contribution in [-0.2, 0) is 9.53 Å². The van der Waals surface area contributed by atoms with Crippen molar-refractivity contribution in [3.63, 3.8) is 0 Å². The highest BCUT2D eigenvalue weighted by molar-refractivity contribution is 6.21. The Labute approximate surface area is 67.5 Å². The molecule has 0 aromatic heterocycles. The first kappa shape index (κ1) is 6.90. The van der Waals surface area contributed by atoms with Crippen molar-refractivity contribution < 1.29 is 14.3 Å². The number of nitrogens with zero attached hydrogens (tertiary/aromatic N) is 2. The van der Waals surface area contributed by atoms with Gasteiger partial charge in [-0.05, 0) is 12.2 Å². The van der Waals surface area contributed by atoms with Gasteiger partial charge in [0.05, 0.1) is 5.71 Å². The van der Waals surface area contributed by atoms with Crippen LogP contribution >= 0.6 is 0 Å². The van der Waals surface area contributed by atoms with Gasteiger partial charge >= 0.3 is 12.1 Å². The number of esters is 1. The normalized spacial score (nSPS) is 26.3. The molecule has 5 nitrogen and oxygen atoms in total. The predicted molar refractivity (Wildman–Crippen MR) is 40.3 cm³/mol. The second-order valence-electron chi connectivity index (χ2n) is 2.28. The van der Waals surface area contributed by atoms with Crippen molar-refractivity contribution in [3.8, 4) is 0 Å². The van der Waals surface area contributed by atoms with E-state index in [2.05, 4.69) is 14.7 Å². The zero-order valence-corrected chi connectivity index (χ0v) is 5.93. The lowest BCUT2D eigenvalue weighted by Crippen LogP contribution is -2.36. The fourth-order valence-corrected chi connectivity index (χ4v) is 0.995. The van der Waals surface area contributed by atoms with E-state index in [4.69, 9.17) is 0 Å². The maximum Gasteiger partial charge on any atom is 0.441 e. The summed E-state index contributed by atoms with van der Waals surface area (Å²) in [6.45, 7) is 0. The molecule has 2 aliphatic rings. The summed E-state index contributed by atoms with van der Waals surface area (Å²) in [6.07, 6.45) is 3.78. The highest BCUT2D eigenvalue weighted by atomic mass is 16.6. The predicted octanol–water partition coefficient (Wildman–Crippen LogP) is 0.113. The molecule has 60 valence electrons. The van der Waals surface area contributed by atoms with E-state index >= 15 is 0 Å². The molecule has 2 heterocycles. The van der Waals surface area contributed by atoms with Crippen molar-refractivity contribution in [2.24, 2.45) is 9.98 Å². The van der Waals surface area contributed by atoms with Crippen molar-refractivity contribution in [3.05, 3.63) is 12.2 Å². The molecule has 1 unspecified atom stereocenters. The average Bonchev–Trinajstić information content (AvgIpc) is 2.04. The van der Waals surface area contributed by atoms with E-state index in [9.17, 15) is 9.59 Å². The van der Waals surface area contributed by atoms with Gasteiger partial charge in [-0.3, -0.25) is 4.99 Å². The molecule has 0 aliphatic carbocycles. The van der Waals surface area contributed by atoms with Crippen LogP contribution in [0.25, 0.3) is 0 Å². The van der Waals surface area contributed by atoms with Crippen molar-refractivity contribution in [2.75, 3.05) is 0 Å². The first-order valence-electron chi connectivity index (χ1n) is 3.31. The highest BCUT2D eigenvalue weighted by Gasteiger charge is 2.31. The largest absolute Gasteiger partial charge is 0.441 e. The number of carbonyl (C=O) groups excluding carboxylic acids is 2. The zero-order chi connectivity index (χ0) is 8.55. The van der Waals surface area contributed by atoms with E-state index in [1.807, 2.05) is 0 Å². The van der Waals surface area contributed by atoms with Crippen LogP contribution in [0.15, 0.2) is 22.1 Å². The Hall–Kier alpha value is -1.78. The monoisotopic (exact) mass is 164 g/mol. The van der Waals surface area contributed by atoms with E-state index in [-0.39, 0.29) is 0 Å². The van der Waals surface area contributed by atoms with Crippen LogP contribution in [-0.4, -0.2) is 30.0 Å². The molecule has 0 aromatic rings. The summed E-state index contributed by atoms with van der Waals surface area (Å²) in [6, 6.07) is -0.743. The van der Waals surface area contributed by atoms with Gasteiger partial charge in [0.25, 0.3) is 0 Å². The van der Waals surface area contributed by atoms with Gasteiger partial charge in [-0.15, -0.1) is 0 Å². The molecule has 12 heavy (non-hydrogen) atoms. The van der Waals surface area contributed by atoms with Crippen LogP contribution in [0.3, 0.4) is 0 Å². The van der Waals surface area contributed by atoms with E-state index in [0.29, 0.717) is 5.71 Å². The molecular formula is C7H4N2O3. The molecule has 0 aromatic carbocycles. The molecule has 0 saturated heterocycles. The van der Waals surface area contributed by atoms with E-state index < -0.39 is 18.1 Å². The number of carbonyl (C=O) groups is 2. The molecule has 0 saturated carbocycles. The van der Waals surface area contributed by atoms with Crippen molar-refractivity contribution in [1.29, 1.82) is 0 Å². The van der Waals surface area contributed by atoms with Gasteiger partial charge in [0, 0.05) is 6.21 Å². The third kappa shape index (κ3) is 0.952. The van der Waals surface area contributed by atoms with Gasteiger partial charge in [0.15, 0.2) is 6.04 Å². The topological polar surface area (TPSA) is 68.1 Å². The summed E-state index contributed by atoms with van der Waals surface area (Å²) in [5.74, 6) is -0.661. The number of amides is 1. The van der Waals surface area contributed by atoms with Crippen LogP contribution in [0.5, 0.6) is 0 Å². The molecule has 0 spiro atoms. The van der Waals surface area contributed by atoms with E-state index in [0.717, 1.165) is 0 Å². The SMILES string of the molecule is O=C1N=C2C=CC=NC2C(=O)O1. The lowest BCUT2D eigenvalue weighted by atomic mass is 10.1. The number of rotatable bonds is 0. The minimum Gasteiger partial charge on any atom is -0.373 e. The van der Waals surface area contributed by atoms with Crippen molar-refractivity contribution in [1.82, 2.24) is 0 Å². The molecule has 5 heteroatoms. The van der Waals surface area contributed by atoms with Gasteiger partial charge in [-0.2, -0.15) is 4.99 Å². The van der Waals surface area contributed by atoms with Crippen LogP contribution in [0.2, 0.25) is 0 Å². The number of cyclic esters (lactones) is 2. The Morgan fingerprint density at radius 1 is 1.42 bits per heavy atom. The molecule has 0 radical (unpaired) electrons. The van der Waals surface area contributed by atoms with Gasteiger partial charge in [0.2, 0.25) is 0 Å². The standard InChI is InChI=1S/C7H4N2O3/c10-6-5-4(2-1-3-8-5)9-7(11)12-6/h1-3,5H. The van der Waals surface area contributed by atoms with Gasteiger partial charge in [-0.25, -0.2) is 9.59 Å².